The Kier molecular flexibility index (Phi) is 4.04. The molecule has 0 aliphatic carbocycles. The molecule has 3 rings (SSSR count). The molecular formula is C15H19N6+. The molecule has 6 heteroatoms. The Bertz CT molecular complexity index is 685. The number of nitrogens with zero attached hydrogens (tertiary/aromatic N) is 6. The van der Waals surface area contributed by atoms with Gasteiger partial charge in [-0.1, -0.05) is 24.6 Å². The van der Waals surface area contributed by atoms with Gasteiger partial charge in [0.25, 0.3) is 0 Å². The quantitative estimate of drug-likeness (QED) is 0.646. The number of unbranched alkanes of at least 4 members (excludes halogenated alkanes) is 1. The number of rotatable bonds is 6. The van der Waals surface area contributed by atoms with Gasteiger partial charge in [-0.25, -0.2) is 18.8 Å². The maximum atomic E-state index is 4.26. The van der Waals surface area contributed by atoms with Gasteiger partial charge < -0.3 is 0 Å². The monoisotopic (exact) mass is 283 g/mol. The van der Waals surface area contributed by atoms with Crippen LogP contribution in [-0.2, 0) is 13.1 Å². The van der Waals surface area contributed by atoms with Crippen LogP contribution in [-0.4, -0.2) is 24.5 Å². The zero-order valence-corrected chi connectivity index (χ0v) is 12.1. The second-order valence-electron chi connectivity index (χ2n) is 5.02. The van der Waals surface area contributed by atoms with Gasteiger partial charge in [-0.3, -0.25) is 0 Å². The fourth-order valence-electron chi connectivity index (χ4n) is 2.16. The Morgan fingerprint density at radius 3 is 3.05 bits per heavy atom. The number of aryl methyl sites for hydroxylation is 1. The summed E-state index contributed by atoms with van der Waals surface area (Å²) in [6.07, 6.45) is 12.3. The maximum Gasteiger partial charge on any atom is 0.244 e. The van der Waals surface area contributed by atoms with Crippen molar-refractivity contribution < 1.29 is 4.57 Å². The predicted molar refractivity (Wildman–Crippen MR) is 77.8 cm³/mol. The van der Waals surface area contributed by atoms with Gasteiger partial charge >= 0.3 is 0 Å². The van der Waals surface area contributed by atoms with Gasteiger partial charge in [-0.2, -0.15) is 0 Å². The minimum atomic E-state index is 0.714. The van der Waals surface area contributed by atoms with Gasteiger partial charge in [0.1, 0.15) is 24.6 Å². The van der Waals surface area contributed by atoms with Crippen LogP contribution in [0.3, 0.4) is 0 Å². The molecule has 0 saturated heterocycles. The summed E-state index contributed by atoms with van der Waals surface area (Å²) >= 11 is 0. The zero-order chi connectivity index (χ0) is 14.5. The highest BCUT2D eigenvalue weighted by atomic mass is 15.4. The van der Waals surface area contributed by atoms with Crippen LogP contribution in [0.1, 0.15) is 25.5 Å². The molecule has 0 saturated carbocycles. The summed E-state index contributed by atoms with van der Waals surface area (Å²) in [5, 5.41) is 8.33. The molecule has 0 aliphatic heterocycles. The number of hydrogen-bond acceptors (Lipinski definition) is 3. The van der Waals surface area contributed by atoms with Crippen molar-refractivity contribution in [2.45, 2.75) is 32.9 Å². The van der Waals surface area contributed by atoms with Crippen molar-refractivity contribution in [1.82, 2.24) is 24.5 Å². The molecule has 0 spiro atoms. The maximum absolute atomic E-state index is 4.26. The summed E-state index contributed by atoms with van der Waals surface area (Å²) in [6.45, 7) is 3.98. The first-order chi connectivity index (χ1) is 10.3. The SMILES string of the molecule is CCCCn1cc[n+](Cc2cn(-c3ccccn3)nn2)c1. The number of pyridine rings is 1. The van der Waals surface area contributed by atoms with E-state index in [4.69, 9.17) is 0 Å². The van der Waals surface area contributed by atoms with E-state index in [0.29, 0.717) is 6.54 Å². The van der Waals surface area contributed by atoms with Crippen molar-refractivity contribution >= 4 is 0 Å². The van der Waals surface area contributed by atoms with E-state index in [0.717, 1.165) is 18.1 Å². The van der Waals surface area contributed by atoms with Gasteiger partial charge in [0.2, 0.25) is 6.33 Å². The Morgan fingerprint density at radius 2 is 2.24 bits per heavy atom. The van der Waals surface area contributed by atoms with E-state index in [1.54, 1.807) is 10.9 Å². The average molecular weight is 283 g/mol. The normalized spacial score (nSPS) is 10.9. The van der Waals surface area contributed by atoms with E-state index < -0.39 is 0 Å². The fourth-order valence-corrected chi connectivity index (χ4v) is 2.16. The van der Waals surface area contributed by atoms with Crippen LogP contribution >= 0.6 is 0 Å². The lowest BCUT2D eigenvalue weighted by Crippen LogP contribution is -2.31. The van der Waals surface area contributed by atoms with Gasteiger partial charge in [-0.15, -0.1) is 5.10 Å². The zero-order valence-electron chi connectivity index (χ0n) is 12.1. The van der Waals surface area contributed by atoms with Crippen molar-refractivity contribution in [3.8, 4) is 5.82 Å². The summed E-state index contributed by atoms with van der Waals surface area (Å²) < 4.78 is 6.01. The predicted octanol–water partition coefficient (Wildman–Crippen LogP) is 1.60. The molecule has 3 aromatic rings. The largest absolute Gasteiger partial charge is 0.244 e. The molecule has 0 bridgehead atoms. The third kappa shape index (κ3) is 3.34. The summed E-state index contributed by atoms with van der Waals surface area (Å²) in [6, 6.07) is 5.73. The lowest BCUT2D eigenvalue weighted by Gasteiger charge is -1.96. The van der Waals surface area contributed by atoms with Crippen LogP contribution in [0.5, 0.6) is 0 Å². The van der Waals surface area contributed by atoms with E-state index in [1.165, 1.54) is 12.8 Å². The molecule has 0 radical (unpaired) electrons. The summed E-state index contributed by atoms with van der Waals surface area (Å²) in [7, 11) is 0. The van der Waals surface area contributed by atoms with E-state index in [-0.39, 0.29) is 0 Å². The van der Waals surface area contributed by atoms with Gasteiger partial charge in [-0.05, 0) is 18.6 Å². The molecule has 0 fully saturated rings. The van der Waals surface area contributed by atoms with Crippen LogP contribution in [0, 0.1) is 0 Å². The Morgan fingerprint density at radius 1 is 1.29 bits per heavy atom. The second kappa shape index (κ2) is 6.30. The molecule has 3 aromatic heterocycles. The van der Waals surface area contributed by atoms with Crippen molar-refractivity contribution in [3.05, 3.63) is 55.0 Å². The van der Waals surface area contributed by atoms with Crippen LogP contribution in [0.2, 0.25) is 0 Å². The first-order valence-corrected chi connectivity index (χ1v) is 7.22. The molecule has 21 heavy (non-hydrogen) atoms. The number of hydrogen-bond donors (Lipinski definition) is 0. The first kappa shape index (κ1) is 13.5. The molecular weight excluding hydrogens is 264 g/mol. The van der Waals surface area contributed by atoms with E-state index in [1.807, 2.05) is 24.4 Å². The standard InChI is InChI=1S/C15H19N6/c1-2-3-8-19-9-10-20(13-19)11-14-12-21(18-17-14)15-6-4-5-7-16-15/h4-7,9-10,12-13H,2-3,8,11H2,1H3/q+1. The third-order valence-corrected chi connectivity index (χ3v) is 3.29. The lowest BCUT2D eigenvalue weighted by atomic mass is 10.3. The van der Waals surface area contributed by atoms with Crippen LogP contribution < -0.4 is 4.57 Å². The molecule has 6 nitrogen and oxygen atoms in total. The van der Waals surface area contributed by atoms with Crippen molar-refractivity contribution in [3.63, 3.8) is 0 Å². The van der Waals surface area contributed by atoms with E-state index in [2.05, 4.69) is 50.1 Å². The highest BCUT2D eigenvalue weighted by molar-refractivity contribution is 5.19. The Hall–Kier alpha value is -2.50. The van der Waals surface area contributed by atoms with Crippen LogP contribution in [0.4, 0.5) is 0 Å². The lowest BCUT2D eigenvalue weighted by molar-refractivity contribution is -0.688. The third-order valence-electron chi connectivity index (χ3n) is 3.29. The molecule has 0 aliphatic rings. The van der Waals surface area contributed by atoms with Gasteiger partial charge in [0, 0.05) is 6.20 Å². The molecule has 108 valence electrons. The molecule has 0 aromatic carbocycles. The summed E-state index contributed by atoms with van der Waals surface area (Å²) in [5.41, 5.74) is 0.916. The van der Waals surface area contributed by atoms with Crippen LogP contribution in [0.15, 0.2) is 49.3 Å². The minimum absolute atomic E-state index is 0.714. The Balaban J connectivity index is 1.68. The Labute approximate surface area is 123 Å². The van der Waals surface area contributed by atoms with Crippen molar-refractivity contribution in [1.29, 1.82) is 0 Å². The highest BCUT2D eigenvalue weighted by Gasteiger charge is 2.08. The molecule has 3 heterocycles. The fraction of sp³-hybridized carbons (Fsp3) is 0.333. The average Bonchev–Trinajstić information content (AvgIpc) is 3.16. The van der Waals surface area contributed by atoms with Gasteiger partial charge in [0.15, 0.2) is 5.82 Å². The van der Waals surface area contributed by atoms with Crippen LogP contribution in [0.25, 0.3) is 5.82 Å². The highest BCUT2D eigenvalue weighted by Crippen LogP contribution is 2.02. The number of imidazole rings is 1. The van der Waals surface area contributed by atoms with E-state index >= 15 is 0 Å². The molecule has 0 N–H and O–H groups in total. The van der Waals surface area contributed by atoms with Crippen molar-refractivity contribution in [2.75, 3.05) is 0 Å². The molecule has 0 unspecified atom stereocenters. The second-order valence-corrected chi connectivity index (χ2v) is 5.02. The topological polar surface area (TPSA) is 52.4 Å². The summed E-state index contributed by atoms with van der Waals surface area (Å²) in [4.78, 5) is 4.26. The number of aromatic nitrogens is 6. The smallest absolute Gasteiger partial charge is 0.237 e. The summed E-state index contributed by atoms with van der Waals surface area (Å²) in [5.74, 6) is 0.779. The van der Waals surface area contributed by atoms with E-state index in [9.17, 15) is 0 Å². The molecule has 0 atom stereocenters. The van der Waals surface area contributed by atoms with Gasteiger partial charge in [0.05, 0.1) is 12.7 Å². The van der Waals surface area contributed by atoms with Crippen molar-refractivity contribution in [2.24, 2.45) is 0 Å². The minimum Gasteiger partial charge on any atom is -0.237 e. The molecule has 0 amide bonds. The first-order valence-electron chi connectivity index (χ1n) is 7.22.